The number of allylic oxidation sites excluding steroid dienone is 6. The van der Waals surface area contributed by atoms with Crippen molar-refractivity contribution in [3.8, 4) is 0 Å². The van der Waals surface area contributed by atoms with Crippen LogP contribution in [0, 0.1) is 0 Å². The van der Waals surface area contributed by atoms with Crippen molar-refractivity contribution in [1.29, 1.82) is 0 Å². The Bertz CT molecular complexity index is 1450. The van der Waals surface area contributed by atoms with Crippen molar-refractivity contribution in [3.05, 3.63) is 123 Å². The maximum atomic E-state index is 6.59. The molecule has 40 heavy (non-hydrogen) atoms. The van der Waals surface area contributed by atoms with E-state index in [0.29, 0.717) is 0 Å². The second kappa shape index (κ2) is 11.9. The number of thiophene rings is 4. The largest absolute Gasteiger partial charge is 0.454 e. The Balaban J connectivity index is 1.52. The molecule has 0 saturated heterocycles. The van der Waals surface area contributed by atoms with Gasteiger partial charge in [0.1, 0.15) is 23.0 Å². The van der Waals surface area contributed by atoms with Crippen LogP contribution in [0.3, 0.4) is 0 Å². The van der Waals surface area contributed by atoms with E-state index < -0.39 is 0 Å². The molecule has 0 amide bonds. The Kier molecular flexibility index (Phi) is 8.12. The lowest BCUT2D eigenvalue weighted by Crippen LogP contribution is -2.02. The van der Waals surface area contributed by atoms with Crippen molar-refractivity contribution in [2.24, 2.45) is 0 Å². The molecule has 0 atom stereocenters. The summed E-state index contributed by atoms with van der Waals surface area (Å²) in [5.74, 6) is 3.62. The van der Waals surface area contributed by atoms with Gasteiger partial charge in [-0.15, -0.1) is 45.3 Å². The predicted octanol–water partition coefficient (Wildman–Crippen LogP) is 11.0. The SMILES string of the molecule is CCc1ccc(C2=CC(=C3C=C(c4ccc(CC)s4)OC(c4ccc(CC)s4)=C3)C=C(c3ccc(CC)s3)O2)s1. The highest BCUT2D eigenvalue weighted by Gasteiger charge is 2.23. The molecule has 6 heteroatoms. The minimum Gasteiger partial charge on any atom is -0.454 e. The standard InChI is InChI=1S/C34H32O2S4/c1-5-23-9-13-31(37-23)27-17-21(18-28(35-27)32-14-10-24(6-2)38-32)22-19-29(33-15-11-25(7-3)39-33)36-30(20-22)34-16-12-26(8-4)40-34/h9-20H,5-8H2,1-4H3. The summed E-state index contributed by atoms with van der Waals surface area (Å²) in [5.41, 5.74) is 2.26. The van der Waals surface area contributed by atoms with Crippen LogP contribution in [0.1, 0.15) is 66.7 Å². The van der Waals surface area contributed by atoms with Gasteiger partial charge in [0.25, 0.3) is 0 Å². The van der Waals surface area contributed by atoms with Gasteiger partial charge in [0.2, 0.25) is 0 Å². The fourth-order valence-electron chi connectivity index (χ4n) is 4.62. The molecule has 2 aliphatic heterocycles. The molecule has 2 nitrogen and oxygen atoms in total. The van der Waals surface area contributed by atoms with Crippen molar-refractivity contribution in [1.82, 2.24) is 0 Å². The van der Waals surface area contributed by atoms with E-state index in [1.165, 1.54) is 19.5 Å². The zero-order valence-electron chi connectivity index (χ0n) is 23.2. The Hall–Kier alpha value is -2.90. The number of hydrogen-bond acceptors (Lipinski definition) is 6. The normalized spacial score (nSPS) is 15.3. The average Bonchev–Trinajstić information content (AvgIpc) is 3.82. The molecule has 0 aliphatic carbocycles. The summed E-state index contributed by atoms with van der Waals surface area (Å²) in [5, 5.41) is 0. The molecule has 2 aliphatic rings. The Morgan fingerprint density at radius 3 is 0.850 bits per heavy atom. The van der Waals surface area contributed by atoms with E-state index in [1.807, 2.05) is 45.3 Å². The lowest BCUT2D eigenvalue weighted by Gasteiger charge is -2.21. The first-order valence-corrected chi connectivity index (χ1v) is 17.2. The van der Waals surface area contributed by atoms with E-state index in [9.17, 15) is 0 Å². The van der Waals surface area contributed by atoms with Crippen LogP contribution >= 0.6 is 45.3 Å². The molecule has 0 aromatic carbocycles. The lowest BCUT2D eigenvalue weighted by molar-refractivity contribution is 0.467. The highest BCUT2D eigenvalue weighted by molar-refractivity contribution is 7.14. The first kappa shape index (κ1) is 27.3. The average molecular weight is 601 g/mol. The molecular weight excluding hydrogens is 569 g/mol. The molecule has 4 aromatic rings. The topological polar surface area (TPSA) is 18.5 Å². The minimum atomic E-state index is 0.904. The maximum absolute atomic E-state index is 6.59. The van der Waals surface area contributed by atoms with Crippen molar-refractivity contribution in [2.45, 2.75) is 53.4 Å². The van der Waals surface area contributed by atoms with E-state index in [4.69, 9.17) is 9.47 Å². The molecule has 204 valence electrons. The van der Waals surface area contributed by atoms with Gasteiger partial charge in [-0.25, -0.2) is 0 Å². The van der Waals surface area contributed by atoms with Crippen LogP contribution in [0.25, 0.3) is 23.0 Å². The summed E-state index contributed by atoms with van der Waals surface area (Å²) in [6.07, 6.45) is 12.9. The monoisotopic (exact) mass is 600 g/mol. The fraction of sp³-hybridized carbons (Fsp3) is 0.235. The predicted molar refractivity (Wildman–Crippen MR) is 176 cm³/mol. The molecule has 6 rings (SSSR count). The van der Waals surface area contributed by atoms with Crippen LogP contribution < -0.4 is 0 Å². The van der Waals surface area contributed by atoms with E-state index in [1.54, 1.807) is 0 Å². The molecule has 4 aromatic heterocycles. The van der Waals surface area contributed by atoms with Gasteiger partial charge in [0.05, 0.1) is 19.5 Å². The van der Waals surface area contributed by atoms with E-state index in [-0.39, 0.29) is 0 Å². The number of hydrogen-bond donors (Lipinski definition) is 0. The van der Waals surface area contributed by atoms with Crippen LogP contribution in [-0.2, 0) is 35.2 Å². The van der Waals surface area contributed by atoms with Crippen molar-refractivity contribution < 1.29 is 9.47 Å². The van der Waals surface area contributed by atoms with Crippen LogP contribution in [0.15, 0.2) is 84.0 Å². The van der Waals surface area contributed by atoms with Gasteiger partial charge < -0.3 is 9.47 Å². The molecule has 6 heterocycles. The third kappa shape index (κ3) is 5.64. The van der Waals surface area contributed by atoms with Crippen molar-refractivity contribution in [2.75, 3.05) is 0 Å². The Labute approximate surface area is 253 Å². The van der Waals surface area contributed by atoms with Gasteiger partial charge in [0, 0.05) is 19.5 Å². The summed E-state index contributed by atoms with van der Waals surface area (Å²) in [4.78, 5) is 10.1. The molecule has 0 bridgehead atoms. The Morgan fingerprint density at radius 2 is 0.650 bits per heavy atom. The highest BCUT2D eigenvalue weighted by atomic mass is 32.1. The van der Waals surface area contributed by atoms with Crippen LogP contribution in [0.4, 0.5) is 0 Å². The van der Waals surface area contributed by atoms with Gasteiger partial charge in [-0.2, -0.15) is 0 Å². The smallest absolute Gasteiger partial charge is 0.145 e. The second-order valence-corrected chi connectivity index (χ2v) is 14.3. The van der Waals surface area contributed by atoms with Crippen molar-refractivity contribution in [3.63, 3.8) is 0 Å². The highest BCUT2D eigenvalue weighted by Crippen LogP contribution is 2.42. The third-order valence-corrected chi connectivity index (χ3v) is 11.9. The van der Waals surface area contributed by atoms with Crippen molar-refractivity contribution >= 4 is 68.4 Å². The first-order valence-electron chi connectivity index (χ1n) is 13.9. The number of rotatable bonds is 8. The van der Waals surface area contributed by atoms with Gasteiger partial charge in [-0.1, -0.05) is 27.7 Å². The molecule has 0 radical (unpaired) electrons. The van der Waals surface area contributed by atoms with Crippen LogP contribution in [0.5, 0.6) is 0 Å². The first-order chi connectivity index (χ1) is 19.6. The molecule has 0 fully saturated rings. The van der Waals surface area contributed by atoms with Crippen LogP contribution in [-0.4, -0.2) is 0 Å². The van der Waals surface area contributed by atoms with E-state index in [0.717, 1.165) is 79.4 Å². The maximum Gasteiger partial charge on any atom is 0.145 e. The summed E-state index contributed by atoms with van der Waals surface area (Å²) in [6.45, 7) is 8.80. The second-order valence-electron chi connectivity index (χ2n) is 9.63. The van der Waals surface area contributed by atoms with Crippen LogP contribution in [0.2, 0.25) is 0 Å². The van der Waals surface area contributed by atoms with Gasteiger partial charge in [0.15, 0.2) is 0 Å². The third-order valence-electron chi connectivity index (χ3n) is 6.93. The zero-order valence-corrected chi connectivity index (χ0v) is 26.5. The quantitative estimate of drug-likeness (QED) is 0.200. The molecule has 0 N–H and O–H groups in total. The summed E-state index contributed by atoms with van der Waals surface area (Å²) < 4.78 is 13.2. The zero-order chi connectivity index (χ0) is 27.6. The van der Waals surface area contributed by atoms with E-state index in [2.05, 4.69) is 101 Å². The summed E-state index contributed by atoms with van der Waals surface area (Å²) in [6, 6.07) is 17.6. The van der Waals surface area contributed by atoms with E-state index >= 15 is 0 Å². The summed E-state index contributed by atoms with van der Waals surface area (Å²) in [7, 11) is 0. The molecule has 0 spiro atoms. The molecular formula is C34H32O2S4. The van der Waals surface area contributed by atoms with Gasteiger partial charge in [-0.05, 0) is 110 Å². The number of aryl methyl sites for hydroxylation is 4. The molecule has 0 saturated carbocycles. The van der Waals surface area contributed by atoms with Gasteiger partial charge >= 0.3 is 0 Å². The fourth-order valence-corrected chi connectivity index (χ4v) is 8.22. The molecule has 0 unspecified atom stereocenters. The number of ether oxygens (including phenoxy) is 2. The lowest BCUT2D eigenvalue weighted by atomic mass is 10.00. The summed E-state index contributed by atoms with van der Waals surface area (Å²) >= 11 is 7.23. The minimum absolute atomic E-state index is 0.904. The van der Waals surface area contributed by atoms with Gasteiger partial charge in [-0.3, -0.25) is 0 Å². The Morgan fingerprint density at radius 1 is 0.400 bits per heavy atom.